The van der Waals surface area contributed by atoms with Crippen LogP contribution >= 0.6 is 27.7 Å². The van der Waals surface area contributed by atoms with Gasteiger partial charge in [-0.25, -0.2) is 4.98 Å². The molecule has 5 nitrogen and oxygen atoms in total. The molecule has 0 bridgehead atoms. The summed E-state index contributed by atoms with van der Waals surface area (Å²) in [6, 6.07) is 15.2. The van der Waals surface area contributed by atoms with Gasteiger partial charge in [0.25, 0.3) is 5.56 Å². The highest BCUT2D eigenvalue weighted by Crippen LogP contribution is 2.23. The number of carbonyl (C=O) groups is 1. The maximum Gasteiger partial charge on any atom is 0.266 e. The number of fused-ring (bicyclic) bond motifs is 1. The smallest absolute Gasteiger partial charge is 0.266 e. The lowest BCUT2D eigenvalue weighted by Gasteiger charge is -2.14. The molecular weight excluding hydrogens is 438 g/mol. The minimum absolute atomic E-state index is 0.0123. The highest BCUT2D eigenvalue weighted by Gasteiger charge is 2.19. The number of amides is 1. The molecule has 1 saturated carbocycles. The number of hydrogen-bond acceptors (Lipinski definition) is 4. The van der Waals surface area contributed by atoms with Crippen LogP contribution in [0.15, 0.2) is 63.0 Å². The van der Waals surface area contributed by atoms with Gasteiger partial charge in [-0.05, 0) is 43.2 Å². The van der Waals surface area contributed by atoms with Gasteiger partial charge in [-0.2, -0.15) is 0 Å². The molecule has 1 heterocycles. The van der Waals surface area contributed by atoms with Crippen LogP contribution in [0, 0.1) is 0 Å². The van der Waals surface area contributed by atoms with Crippen molar-refractivity contribution in [3.63, 3.8) is 0 Å². The van der Waals surface area contributed by atoms with Gasteiger partial charge in [0.15, 0.2) is 5.16 Å². The molecule has 0 unspecified atom stereocenters. The number of thioether (sulfide) groups is 1. The van der Waals surface area contributed by atoms with E-state index < -0.39 is 0 Å². The second-order valence-electron chi connectivity index (χ2n) is 6.87. The van der Waals surface area contributed by atoms with E-state index in [2.05, 4.69) is 26.2 Å². The molecule has 1 N–H and O–H groups in total. The van der Waals surface area contributed by atoms with E-state index in [1.54, 1.807) is 10.6 Å². The SMILES string of the molecule is O=C(CSc1nc2ccc(Br)cc2c(=O)n1-c1ccccc1)NC1CCCC1. The van der Waals surface area contributed by atoms with E-state index in [-0.39, 0.29) is 23.3 Å². The van der Waals surface area contributed by atoms with Crippen LogP contribution in [0.25, 0.3) is 16.6 Å². The van der Waals surface area contributed by atoms with Crippen LogP contribution in [-0.4, -0.2) is 27.3 Å². The molecule has 3 aromatic rings. The zero-order valence-electron chi connectivity index (χ0n) is 15.2. The first kappa shape index (κ1) is 19.2. The number of nitrogens with one attached hydrogen (secondary N) is 1. The zero-order valence-corrected chi connectivity index (χ0v) is 17.6. The molecule has 1 aliphatic rings. The van der Waals surface area contributed by atoms with Crippen LogP contribution in [-0.2, 0) is 4.79 Å². The van der Waals surface area contributed by atoms with Crippen molar-refractivity contribution in [1.82, 2.24) is 14.9 Å². The van der Waals surface area contributed by atoms with Gasteiger partial charge in [0.05, 0.1) is 22.3 Å². The van der Waals surface area contributed by atoms with Crippen molar-refractivity contribution >= 4 is 44.5 Å². The minimum Gasteiger partial charge on any atom is -0.353 e. The zero-order chi connectivity index (χ0) is 19.5. The molecule has 1 aliphatic carbocycles. The van der Waals surface area contributed by atoms with Gasteiger partial charge < -0.3 is 5.32 Å². The first-order valence-corrected chi connectivity index (χ1v) is 11.1. The second kappa shape index (κ2) is 8.49. The number of hydrogen-bond donors (Lipinski definition) is 1. The Kier molecular flexibility index (Phi) is 5.82. The fourth-order valence-electron chi connectivity index (χ4n) is 3.51. The molecule has 2 aromatic carbocycles. The number of aromatic nitrogens is 2. The van der Waals surface area contributed by atoms with E-state index in [1.807, 2.05) is 42.5 Å². The predicted molar refractivity (Wildman–Crippen MR) is 116 cm³/mol. The summed E-state index contributed by atoms with van der Waals surface area (Å²) in [6.45, 7) is 0. The Morgan fingerprint density at radius 1 is 1.18 bits per heavy atom. The Labute approximate surface area is 175 Å². The van der Waals surface area contributed by atoms with Gasteiger partial charge in [0, 0.05) is 10.5 Å². The Morgan fingerprint density at radius 3 is 2.68 bits per heavy atom. The average molecular weight is 458 g/mol. The molecule has 0 saturated heterocycles. The van der Waals surface area contributed by atoms with Gasteiger partial charge in [0.2, 0.25) is 5.91 Å². The Morgan fingerprint density at radius 2 is 1.93 bits per heavy atom. The van der Waals surface area contributed by atoms with Gasteiger partial charge >= 0.3 is 0 Å². The summed E-state index contributed by atoms with van der Waals surface area (Å²) in [5.74, 6) is 0.222. The monoisotopic (exact) mass is 457 g/mol. The minimum atomic E-state index is -0.142. The summed E-state index contributed by atoms with van der Waals surface area (Å²) in [7, 11) is 0. The van der Waals surface area contributed by atoms with Crippen LogP contribution in [0.1, 0.15) is 25.7 Å². The summed E-state index contributed by atoms with van der Waals surface area (Å²) in [6.07, 6.45) is 4.45. The predicted octanol–water partition coefficient (Wildman–Crippen LogP) is 4.30. The third kappa shape index (κ3) is 4.15. The van der Waals surface area contributed by atoms with Gasteiger partial charge in [0.1, 0.15) is 0 Å². The van der Waals surface area contributed by atoms with E-state index in [0.717, 1.165) is 23.0 Å². The van der Waals surface area contributed by atoms with Crippen molar-refractivity contribution in [1.29, 1.82) is 0 Å². The van der Waals surface area contributed by atoms with Crippen molar-refractivity contribution in [2.45, 2.75) is 36.9 Å². The van der Waals surface area contributed by atoms with Crippen molar-refractivity contribution in [3.05, 3.63) is 63.4 Å². The van der Waals surface area contributed by atoms with Crippen molar-refractivity contribution in [2.75, 3.05) is 5.75 Å². The lowest BCUT2D eigenvalue weighted by atomic mass is 10.2. The van der Waals surface area contributed by atoms with Gasteiger partial charge in [-0.1, -0.05) is 58.7 Å². The maximum absolute atomic E-state index is 13.2. The lowest BCUT2D eigenvalue weighted by Crippen LogP contribution is -2.34. The lowest BCUT2D eigenvalue weighted by molar-refractivity contribution is -0.119. The first-order valence-electron chi connectivity index (χ1n) is 9.32. The first-order chi connectivity index (χ1) is 13.6. The highest BCUT2D eigenvalue weighted by molar-refractivity contribution is 9.10. The van der Waals surface area contributed by atoms with Crippen molar-refractivity contribution in [3.8, 4) is 5.69 Å². The van der Waals surface area contributed by atoms with E-state index in [4.69, 9.17) is 0 Å². The van der Waals surface area contributed by atoms with Crippen LogP contribution in [0.4, 0.5) is 0 Å². The molecule has 4 rings (SSSR count). The number of halogens is 1. The number of benzene rings is 2. The summed E-state index contributed by atoms with van der Waals surface area (Å²) >= 11 is 4.72. The molecule has 0 spiro atoms. The molecule has 1 fully saturated rings. The molecule has 1 amide bonds. The third-order valence-corrected chi connectivity index (χ3v) is 6.30. The Bertz CT molecular complexity index is 1060. The second-order valence-corrected chi connectivity index (χ2v) is 8.73. The standard InChI is InChI=1S/C21H20BrN3O2S/c22-14-10-11-18-17(12-14)20(27)25(16-8-2-1-3-9-16)21(24-18)28-13-19(26)23-15-6-4-5-7-15/h1-3,8-12,15H,4-7,13H2,(H,23,26). The van der Waals surface area contributed by atoms with E-state index >= 15 is 0 Å². The quantitative estimate of drug-likeness (QED) is 0.458. The van der Waals surface area contributed by atoms with Crippen LogP contribution in [0.5, 0.6) is 0 Å². The fraction of sp³-hybridized carbons (Fsp3) is 0.286. The van der Waals surface area contributed by atoms with E-state index in [9.17, 15) is 9.59 Å². The molecule has 0 radical (unpaired) electrons. The summed E-state index contributed by atoms with van der Waals surface area (Å²) < 4.78 is 2.41. The largest absolute Gasteiger partial charge is 0.353 e. The number of rotatable bonds is 5. The van der Waals surface area contributed by atoms with Gasteiger partial charge in [-0.15, -0.1) is 0 Å². The van der Waals surface area contributed by atoms with E-state index in [1.165, 1.54) is 24.6 Å². The number of carbonyl (C=O) groups excluding carboxylic acids is 1. The molecule has 1 aromatic heterocycles. The summed E-state index contributed by atoms with van der Waals surface area (Å²) in [5, 5.41) is 4.15. The molecule has 28 heavy (non-hydrogen) atoms. The number of nitrogens with zero attached hydrogens (tertiary/aromatic N) is 2. The summed E-state index contributed by atoms with van der Waals surface area (Å²) in [5.41, 5.74) is 1.22. The number of para-hydroxylation sites is 1. The molecular formula is C21H20BrN3O2S. The van der Waals surface area contributed by atoms with Gasteiger partial charge in [-0.3, -0.25) is 14.2 Å². The summed E-state index contributed by atoms with van der Waals surface area (Å²) in [4.78, 5) is 30.3. The molecule has 0 aliphatic heterocycles. The maximum atomic E-state index is 13.2. The van der Waals surface area contributed by atoms with Crippen LogP contribution in [0.3, 0.4) is 0 Å². The Hall–Kier alpha value is -2.12. The third-order valence-electron chi connectivity index (χ3n) is 4.87. The topological polar surface area (TPSA) is 64.0 Å². The average Bonchev–Trinajstić information content (AvgIpc) is 3.20. The van der Waals surface area contributed by atoms with E-state index in [0.29, 0.717) is 16.1 Å². The van der Waals surface area contributed by atoms with Crippen molar-refractivity contribution in [2.24, 2.45) is 0 Å². The highest BCUT2D eigenvalue weighted by atomic mass is 79.9. The van der Waals surface area contributed by atoms with Crippen LogP contribution in [0.2, 0.25) is 0 Å². The van der Waals surface area contributed by atoms with Crippen molar-refractivity contribution < 1.29 is 4.79 Å². The molecule has 7 heteroatoms. The normalized spacial score (nSPS) is 14.5. The molecule has 144 valence electrons. The fourth-order valence-corrected chi connectivity index (χ4v) is 4.69. The molecule has 0 atom stereocenters. The Balaban J connectivity index is 1.68. The van der Waals surface area contributed by atoms with Crippen LogP contribution < -0.4 is 10.9 Å².